The topological polar surface area (TPSA) is 83.5 Å². The molecule has 0 heterocycles. The highest BCUT2D eigenvalue weighted by Crippen LogP contribution is 2.10. The minimum absolute atomic E-state index is 0.0153. The van der Waals surface area contributed by atoms with Gasteiger partial charge in [0.2, 0.25) is 0 Å². The highest BCUT2D eigenvalue weighted by molar-refractivity contribution is 5.73. The van der Waals surface area contributed by atoms with Crippen LogP contribution in [0.5, 0.6) is 5.75 Å². The lowest BCUT2D eigenvalue weighted by molar-refractivity contribution is -0.138. The molecule has 0 spiro atoms. The van der Waals surface area contributed by atoms with Crippen LogP contribution in [0.25, 0.3) is 0 Å². The van der Waals surface area contributed by atoms with Crippen molar-refractivity contribution in [2.45, 2.75) is 12.4 Å². The molecule has 1 atom stereocenters. The highest BCUT2D eigenvalue weighted by Gasteiger charge is 2.11. The summed E-state index contributed by atoms with van der Waals surface area (Å²) in [5, 5.41) is 17.6. The van der Waals surface area contributed by atoms with Gasteiger partial charge >= 0.3 is 5.97 Å². The lowest BCUT2D eigenvalue weighted by Crippen LogP contribution is -2.32. The SMILES string of the molecule is [2H]C([2H])(c1ccc(O)cc1)[C@@H](N)C(=O)O. The van der Waals surface area contributed by atoms with E-state index in [1.165, 1.54) is 24.3 Å². The summed E-state index contributed by atoms with van der Waals surface area (Å²) in [6.07, 6.45) is -2.17. The molecule has 4 heteroatoms. The van der Waals surface area contributed by atoms with Gasteiger partial charge in [-0.15, -0.1) is 0 Å². The van der Waals surface area contributed by atoms with Crippen molar-refractivity contribution in [3.8, 4) is 5.75 Å². The molecule has 0 saturated heterocycles. The van der Waals surface area contributed by atoms with E-state index in [1.54, 1.807) is 0 Å². The van der Waals surface area contributed by atoms with Crippen molar-refractivity contribution in [2.75, 3.05) is 0 Å². The Morgan fingerprint density at radius 1 is 1.54 bits per heavy atom. The Morgan fingerprint density at radius 2 is 2.08 bits per heavy atom. The zero-order valence-electron chi connectivity index (χ0n) is 8.77. The van der Waals surface area contributed by atoms with Crippen molar-refractivity contribution in [1.29, 1.82) is 0 Å². The Hall–Kier alpha value is -1.55. The van der Waals surface area contributed by atoms with E-state index in [9.17, 15) is 4.79 Å². The average molecular weight is 183 g/mol. The monoisotopic (exact) mass is 183 g/mol. The van der Waals surface area contributed by atoms with Crippen LogP contribution in [-0.4, -0.2) is 22.2 Å². The minimum Gasteiger partial charge on any atom is -0.508 e. The number of phenolic OH excluding ortho intramolecular Hbond substituents is 1. The lowest BCUT2D eigenvalue weighted by atomic mass is 10.1. The summed E-state index contributed by atoms with van der Waals surface area (Å²) < 4.78 is 15.1. The van der Waals surface area contributed by atoms with Crippen molar-refractivity contribution < 1.29 is 17.7 Å². The maximum Gasteiger partial charge on any atom is 0.320 e. The number of nitrogens with two attached hydrogens (primary N) is 1. The van der Waals surface area contributed by atoms with Crippen LogP contribution in [0.4, 0.5) is 0 Å². The Labute approximate surface area is 78.4 Å². The van der Waals surface area contributed by atoms with Crippen molar-refractivity contribution in [3.63, 3.8) is 0 Å². The Morgan fingerprint density at radius 3 is 2.54 bits per heavy atom. The second kappa shape index (κ2) is 3.91. The molecular weight excluding hydrogens is 170 g/mol. The van der Waals surface area contributed by atoms with Gasteiger partial charge in [-0.2, -0.15) is 0 Å². The van der Waals surface area contributed by atoms with Crippen LogP contribution in [0.3, 0.4) is 0 Å². The number of aromatic hydroxyl groups is 1. The fourth-order valence-electron chi connectivity index (χ4n) is 0.799. The molecule has 13 heavy (non-hydrogen) atoms. The molecule has 0 fully saturated rings. The zero-order chi connectivity index (χ0) is 11.6. The van der Waals surface area contributed by atoms with Crippen LogP contribution in [-0.2, 0) is 11.2 Å². The first kappa shape index (κ1) is 6.91. The number of hydrogen-bond acceptors (Lipinski definition) is 3. The van der Waals surface area contributed by atoms with Crippen molar-refractivity contribution in [3.05, 3.63) is 29.8 Å². The van der Waals surface area contributed by atoms with Crippen LogP contribution >= 0.6 is 0 Å². The van der Waals surface area contributed by atoms with Crippen molar-refractivity contribution in [1.82, 2.24) is 0 Å². The third-order valence-corrected chi connectivity index (χ3v) is 1.46. The van der Waals surface area contributed by atoms with E-state index in [-0.39, 0.29) is 11.3 Å². The molecule has 4 N–H and O–H groups in total. The number of carbonyl (C=O) groups is 1. The molecule has 0 aliphatic heterocycles. The van der Waals surface area contributed by atoms with Crippen molar-refractivity contribution >= 4 is 5.97 Å². The lowest BCUT2D eigenvalue weighted by Gasteiger charge is -2.05. The van der Waals surface area contributed by atoms with Gasteiger partial charge in [-0.3, -0.25) is 4.79 Å². The molecule has 1 aromatic carbocycles. The number of benzene rings is 1. The third kappa shape index (κ3) is 2.76. The van der Waals surface area contributed by atoms with Gasteiger partial charge in [-0.1, -0.05) is 12.1 Å². The van der Waals surface area contributed by atoms with E-state index >= 15 is 0 Å². The summed E-state index contributed by atoms with van der Waals surface area (Å²) in [7, 11) is 0. The van der Waals surface area contributed by atoms with Crippen LogP contribution in [0.2, 0.25) is 0 Å². The predicted octanol–water partition coefficient (Wildman–Crippen LogP) is 0.347. The molecular formula is C9H11NO3. The average Bonchev–Trinajstić information content (AvgIpc) is 2.17. The summed E-state index contributed by atoms with van der Waals surface area (Å²) in [5.41, 5.74) is 5.35. The van der Waals surface area contributed by atoms with Gasteiger partial charge in [0.05, 0.1) is 0 Å². The maximum absolute atomic E-state index is 10.6. The molecule has 0 aliphatic rings. The summed E-state index contributed by atoms with van der Waals surface area (Å²) in [4.78, 5) is 10.6. The number of carboxylic acids is 1. The number of phenols is 1. The van der Waals surface area contributed by atoms with Crippen LogP contribution in [0, 0.1) is 0 Å². The fourth-order valence-corrected chi connectivity index (χ4v) is 0.799. The summed E-state index contributed by atoms with van der Waals surface area (Å²) in [5.74, 6) is -1.42. The molecule has 0 radical (unpaired) electrons. The van der Waals surface area contributed by atoms with Crippen LogP contribution < -0.4 is 5.73 Å². The second-order valence-electron chi connectivity index (χ2n) is 2.51. The van der Waals surface area contributed by atoms with Gasteiger partial charge in [-0.05, 0) is 24.1 Å². The Bertz CT molecular complexity index is 364. The molecule has 1 aromatic rings. The number of rotatable bonds is 3. The predicted molar refractivity (Wildman–Crippen MR) is 47.4 cm³/mol. The number of aliphatic carboxylic acids is 1. The first-order chi connectivity index (χ1) is 6.85. The van der Waals surface area contributed by atoms with E-state index in [1.807, 2.05) is 0 Å². The second-order valence-corrected chi connectivity index (χ2v) is 2.51. The van der Waals surface area contributed by atoms with Gasteiger partial charge in [-0.25, -0.2) is 0 Å². The van der Waals surface area contributed by atoms with Crippen LogP contribution in [0.15, 0.2) is 24.3 Å². The first-order valence-electron chi connectivity index (χ1n) is 4.63. The third-order valence-electron chi connectivity index (χ3n) is 1.46. The Kier molecular flexibility index (Phi) is 2.08. The molecule has 0 bridgehead atoms. The van der Waals surface area contributed by atoms with E-state index in [2.05, 4.69) is 0 Å². The molecule has 0 aromatic heterocycles. The highest BCUT2D eigenvalue weighted by atomic mass is 16.4. The number of carboxylic acid groups (broad SMARTS) is 1. The van der Waals surface area contributed by atoms with E-state index in [0.717, 1.165) is 0 Å². The molecule has 0 unspecified atom stereocenters. The molecule has 0 aliphatic carbocycles. The normalized spacial score (nSPS) is 15.8. The van der Waals surface area contributed by atoms with E-state index in [4.69, 9.17) is 18.7 Å². The zero-order valence-corrected chi connectivity index (χ0v) is 6.77. The smallest absolute Gasteiger partial charge is 0.320 e. The molecule has 1 rings (SSSR count). The van der Waals surface area contributed by atoms with Gasteiger partial charge in [0.25, 0.3) is 0 Å². The van der Waals surface area contributed by atoms with Crippen molar-refractivity contribution in [2.24, 2.45) is 5.73 Å². The molecule has 0 amide bonds. The number of hydrogen-bond donors (Lipinski definition) is 3. The summed E-state index contributed by atoms with van der Waals surface area (Å²) in [6, 6.07) is 3.53. The summed E-state index contributed by atoms with van der Waals surface area (Å²) in [6.45, 7) is 0. The standard InChI is InChI=1S/C9H11NO3/c10-8(9(12)13)5-6-1-3-7(11)4-2-6/h1-4,8,11H,5,10H2,(H,12,13)/t8-/m1/s1/i5D2. The van der Waals surface area contributed by atoms with Gasteiger partial charge in [0, 0.05) is 2.74 Å². The maximum atomic E-state index is 10.6. The first-order valence-corrected chi connectivity index (χ1v) is 3.63. The van der Waals surface area contributed by atoms with E-state index in [0.29, 0.717) is 0 Å². The summed E-state index contributed by atoms with van der Waals surface area (Å²) >= 11 is 0. The Balaban J connectivity index is 3.05. The minimum atomic E-state index is -2.17. The van der Waals surface area contributed by atoms with Gasteiger partial charge < -0.3 is 15.9 Å². The van der Waals surface area contributed by atoms with Crippen LogP contribution in [0.1, 0.15) is 8.30 Å². The quantitative estimate of drug-likeness (QED) is 0.631. The molecule has 70 valence electrons. The van der Waals surface area contributed by atoms with E-state index < -0.39 is 18.4 Å². The van der Waals surface area contributed by atoms with Gasteiger partial charge in [0.1, 0.15) is 11.8 Å². The van der Waals surface area contributed by atoms with Gasteiger partial charge in [0.15, 0.2) is 0 Å². The fraction of sp³-hybridized carbons (Fsp3) is 0.222. The molecule has 0 saturated carbocycles. The molecule has 4 nitrogen and oxygen atoms in total. The largest absolute Gasteiger partial charge is 0.508 e.